The maximum atomic E-state index is 13.0. The summed E-state index contributed by atoms with van der Waals surface area (Å²) in [6, 6.07) is 18.6. The Morgan fingerprint density at radius 3 is 2.64 bits per heavy atom. The molecule has 0 saturated heterocycles. The molecule has 1 atom stereocenters. The highest BCUT2D eigenvalue weighted by Crippen LogP contribution is 2.30. The zero-order chi connectivity index (χ0) is 19.9. The molecule has 0 bridgehead atoms. The zero-order valence-corrected chi connectivity index (χ0v) is 17.8. The van der Waals surface area contributed by atoms with Gasteiger partial charge in [0.2, 0.25) is 5.91 Å². The SMILES string of the molecule is Cc1ccc(NC(C(=O)NCCc2ccccn2)c2ccccc2Br)c(Cl)c1. The average Bonchev–Trinajstić information content (AvgIpc) is 2.69. The van der Waals surface area contributed by atoms with Gasteiger partial charge in [-0.2, -0.15) is 0 Å². The van der Waals surface area contributed by atoms with Gasteiger partial charge in [0.05, 0.1) is 10.7 Å². The molecule has 144 valence electrons. The van der Waals surface area contributed by atoms with Crippen LogP contribution in [-0.2, 0) is 11.2 Å². The van der Waals surface area contributed by atoms with Crippen LogP contribution in [-0.4, -0.2) is 17.4 Å². The first-order valence-electron chi connectivity index (χ1n) is 8.99. The standard InChI is InChI=1S/C22H21BrClN3O/c1-15-9-10-20(19(24)14-15)27-21(17-7-2-3-8-18(17)23)22(28)26-13-11-16-6-4-5-12-25-16/h2-10,12,14,21,27H,11,13H2,1H3,(H,26,28). The second-order valence-electron chi connectivity index (χ2n) is 6.44. The Morgan fingerprint density at radius 2 is 1.93 bits per heavy atom. The van der Waals surface area contributed by atoms with Crippen LogP contribution in [0.2, 0.25) is 5.02 Å². The summed E-state index contributed by atoms with van der Waals surface area (Å²) in [4.78, 5) is 17.3. The average molecular weight is 459 g/mol. The van der Waals surface area contributed by atoms with Crippen molar-refractivity contribution in [1.82, 2.24) is 10.3 Å². The van der Waals surface area contributed by atoms with Crippen LogP contribution in [0, 0.1) is 6.92 Å². The number of benzene rings is 2. The van der Waals surface area contributed by atoms with E-state index in [2.05, 4.69) is 31.5 Å². The van der Waals surface area contributed by atoms with Gasteiger partial charge in [0.1, 0.15) is 6.04 Å². The molecule has 3 rings (SSSR count). The lowest BCUT2D eigenvalue weighted by Crippen LogP contribution is -2.35. The molecule has 0 radical (unpaired) electrons. The number of pyridine rings is 1. The summed E-state index contributed by atoms with van der Waals surface area (Å²) < 4.78 is 0.857. The van der Waals surface area contributed by atoms with Gasteiger partial charge in [-0.05, 0) is 48.4 Å². The third-order valence-electron chi connectivity index (χ3n) is 4.31. The third-order valence-corrected chi connectivity index (χ3v) is 5.34. The van der Waals surface area contributed by atoms with Gasteiger partial charge in [0.25, 0.3) is 0 Å². The number of nitrogens with zero attached hydrogens (tertiary/aromatic N) is 1. The van der Waals surface area contributed by atoms with E-state index in [4.69, 9.17) is 11.6 Å². The number of aromatic nitrogens is 1. The number of rotatable bonds is 7. The first-order chi connectivity index (χ1) is 13.5. The highest BCUT2D eigenvalue weighted by Gasteiger charge is 2.23. The van der Waals surface area contributed by atoms with E-state index in [1.807, 2.05) is 67.6 Å². The van der Waals surface area contributed by atoms with Crippen LogP contribution in [0.15, 0.2) is 71.3 Å². The minimum atomic E-state index is -0.584. The Kier molecular flexibility index (Phi) is 7.06. The largest absolute Gasteiger partial charge is 0.369 e. The Balaban J connectivity index is 1.77. The van der Waals surface area contributed by atoms with E-state index in [9.17, 15) is 4.79 Å². The number of carbonyl (C=O) groups is 1. The van der Waals surface area contributed by atoms with Crippen molar-refractivity contribution >= 4 is 39.1 Å². The van der Waals surface area contributed by atoms with E-state index >= 15 is 0 Å². The topological polar surface area (TPSA) is 54.0 Å². The van der Waals surface area contributed by atoms with Crippen molar-refractivity contribution in [3.05, 3.63) is 93.2 Å². The molecule has 1 aromatic heterocycles. The predicted molar refractivity (Wildman–Crippen MR) is 118 cm³/mol. The fraction of sp³-hybridized carbons (Fsp3) is 0.182. The second kappa shape index (κ2) is 9.71. The Bertz CT molecular complexity index is 950. The Morgan fingerprint density at radius 1 is 1.14 bits per heavy atom. The fourth-order valence-corrected chi connectivity index (χ4v) is 3.65. The fourth-order valence-electron chi connectivity index (χ4n) is 2.85. The van der Waals surface area contributed by atoms with Gasteiger partial charge in [-0.3, -0.25) is 9.78 Å². The molecule has 28 heavy (non-hydrogen) atoms. The molecule has 0 spiro atoms. The molecule has 2 aromatic carbocycles. The summed E-state index contributed by atoms with van der Waals surface area (Å²) in [5, 5.41) is 6.87. The van der Waals surface area contributed by atoms with Crippen molar-refractivity contribution in [3.8, 4) is 0 Å². The maximum absolute atomic E-state index is 13.0. The van der Waals surface area contributed by atoms with E-state index in [-0.39, 0.29) is 5.91 Å². The van der Waals surface area contributed by atoms with E-state index < -0.39 is 6.04 Å². The number of carbonyl (C=O) groups excluding carboxylic acids is 1. The first-order valence-corrected chi connectivity index (χ1v) is 10.2. The number of halogens is 2. The molecule has 4 nitrogen and oxygen atoms in total. The van der Waals surface area contributed by atoms with Crippen molar-refractivity contribution in [1.29, 1.82) is 0 Å². The zero-order valence-electron chi connectivity index (χ0n) is 15.5. The van der Waals surface area contributed by atoms with Crippen LogP contribution < -0.4 is 10.6 Å². The van der Waals surface area contributed by atoms with Crippen molar-refractivity contribution in [3.63, 3.8) is 0 Å². The van der Waals surface area contributed by atoms with E-state index in [0.717, 1.165) is 21.3 Å². The molecule has 0 fully saturated rings. The molecular weight excluding hydrogens is 438 g/mol. The van der Waals surface area contributed by atoms with Crippen LogP contribution in [0.5, 0.6) is 0 Å². The van der Waals surface area contributed by atoms with Crippen molar-refractivity contribution < 1.29 is 4.79 Å². The van der Waals surface area contributed by atoms with Gasteiger partial charge in [0.15, 0.2) is 0 Å². The number of hydrogen-bond donors (Lipinski definition) is 2. The Hall–Kier alpha value is -2.37. The predicted octanol–water partition coefficient (Wildman–Crippen LogP) is 5.32. The van der Waals surface area contributed by atoms with E-state index in [0.29, 0.717) is 23.7 Å². The number of anilines is 1. The van der Waals surface area contributed by atoms with Crippen molar-refractivity contribution in [2.75, 3.05) is 11.9 Å². The molecule has 6 heteroatoms. The number of hydrogen-bond acceptors (Lipinski definition) is 3. The lowest BCUT2D eigenvalue weighted by Gasteiger charge is -2.22. The smallest absolute Gasteiger partial charge is 0.247 e. The summed E-state index contributed by atoms with van der Waals surface area (Å²) in [5.74, 6) is -0.125. The summed E-state index contributed by atoms with van der Waals surface area (Å²) in [6.45, 7) is 2.48. The Labute approximate surface area is 178 Å². The maximum Gasteiger partial charge on any atom is 0.247 e. The quantitative estimate of drug-likeness (QED) is 0.504. The summed E-state index contributed by atoms with van der Waals surface area (Å²) >= 11 is 9.93. The molecule has 2 N–H and O–H groups in total. The number of aryl methyl sites for hydroxylation is 1. The van der Waals surface area contributed by atoms with Crippen molar-refractivity contribution in [2.45, 2.75) is 19.4 Å². The molecule has 1 amide bonds. The second-order valence-corrected chi connectivity index (χ2v) is 7.71. The van der Waals surface area contributed by atoms with Gasteiger partial charge in [-0.15, -0.1) is 0 Å². The number of amides is 1. The highest BCUT2D eigenvalue weighted by atomic mass is 79.9. The molecule has 1 heterocycles. The first kappa shape index (κ1) is 20.4. The molecular formula is C22H21BrClN3O. The van der Waals surface area contributed by atoms with Gasteiger partial charge < -0.3 is 10.6 Å². The van der Waals surface area contributed by atoms with E-state index in [1.54, 1.807) is 6.20 Å². The van der Waals surface area contributed by atoms with Gasteiger partial charge in [-0.1, -0.05) is 57.9 Å². The molecule has 1 unspecified atom stereocenters. The third kappa shape index (κ3) is 5.33. The van der Waals surface area contributed by atoms with E-state index in [1.165, 1.54) is 0 Å². The molecule has 0 saturated carbocycles. The monoisotopic (exact) mass is 457 g/mol. The lowest BCUT2D eigenvalue weighted by atomic mass is 10.1. The summed E-state index contributed by atoms with van der Waals surface area (Å²) in [7, 11) is 0. The molecule has 0 aliphatic heterocycles. The lowest BCUT2D eigenvalue weighted by molar-refractivity contribution is -0.121. The van der Waals surface area contributed by atoms with Gasteiger partial charge >= 0.3 is 0 Å². The number of nitrogens with one attached hydrogen (secondary N) is 2. The molecule has 0 aliphatic rings. The van der Waals surface area contributed by atoms with Crippen LogP contribution in [0.4, 0.5) is 5.69 Å². The summed E-state index contributed by atoms with van der Waals surface area (Å²) in [6.07, 6.45) is 2.42. The minimum Gasteiger partial charge on any atom is -0.369 e. The molecule has 3 aromatic rings. The van der Waals surface area contributed by atoms with Crippen LogP contribution in [0.1, 0.15) is 22.9 Å². The highest BCUT2D eigenvalue weighted by molar-refractivity contribution is 9.10. The van der Waals surface area contributed by atoms with Crippen LogP contribution >= 0.6 is 27.5 Å². The minimum absolute atomic E-state index is 0.125. The molecule has 0 aliphatic carbocycles. The summed E-state index contributed by atoms with van der Waals surface area (Å²) in [5.41, 5.74) is 3.56. The van der Waals surface area contributed by atoms with Crippen LogP contribution in [0.25, 0.3) is 0 Å². The van der Waals surface area contributed by atoms with Gasteiger partial charge in [-0.25, -0.2) is 0 Å². The van der Waals surface area contributed by atoms with Gasteiger partial charge in [0, 0.05) is 29.3 Å². The van der Waals surface area contributed by atoms with Crippen molar-refractivity contribution in [2.24, 2.45) is 0 Å². The van der Waals surface area contributed by atoms with Crippen LogP contribution in [0.3, 0.4) is 0 Å². The normalized spacial score (nSPS) is 11.7.